The molecule has 0 bridgehead atoms. The molecule has 1 aliphatic rings. The molecule has 0 spiro atoms. The molecule has 1 saturated heterocycles. The fourth-order valence-electron chi connectivity index (χ4n) is 3.75. The molecule has 2 heterocycles. The first-order valence-corrected chi connectivity index (χ1v) is 10.9. The van der Waals surface area contributed by atoms with Crippen molar-refractivity contribution in [1.82, 2.24) is 9.88 Å². The number of ether oxygens (including phenoxy) is 2. The molecule has 29 heavy (non-hydrogen) atoms. The molecule has 1 fully saturated rings. The summed E-state index contributed by atoms with van der Waals surface area (Å²) in [6.07, 6.45) is 1.05. The van der Waals surface area contributed by atoms with Gasteiger partial charge in [-0.2, -0.15) is 0 Å². The Morgan fingerprint density at radius 2 is 2.00 bits per heavy atom. The summed E-state index contributed by atoms with van der Waals surface area (Å²) in [5.41, 5.74) is 1.41. The van der Waals surface area contributed by atoms with Crippen molar-refractivity contribution in [3.05, 3.63) is 40.9 Å². The zero-order valence-electron chi connectivity index (χ0n) is 17.9. The standard InChI is InChI=1S/C22H31N3O3S/c1-15-11-25(12-16(2)28-15)13-18-14-29-21(23-18)24-20(26)22(3,4)10-17-8-6-7-9-19(17)27-5/h6-9,14-16H,10-13H2,1-5H3,(H,23,24,26). The lowest BCUT2D eigenvalue weighted by Crippen LogP contribution is -2.44. The number of methoxy groups -OCH3 is 1. The summed E-state index contributed by atoms with van der Waals surface area (Å²) >= 11 is 1.47. The summed E-state index contributed by atoms with van der Waals surface area (Å²) in [5, 5.41) is 5.67. The van der Waals surface area contributed by atoms with Crippen molar-refractivity contribution >= 4 is 22.4 Å². The first-order chi connectivity index (χ1) is 13.8. The number of benzene rings is 1. The van der Waals surface area contributed by atoms with Gasteiger partial charge in [0.1, 0.15) is 5.75 Å². The number of nitrogens with one attached hydrogen (secondary N) is 1. The number of para-hydroxylation sites is 1. The number of carbonyl (C=O) groups is 1. The molecule has 2 unspecified atom stereocenters. The van der Waals surface area contributed by atoms with Crippen LogP contribution in [0.5, 0.6) is 5.75 Å². The van der Waals surface area contributed by atoms with E-state index in [1.165, 1.54) is 11.3 Å². The Hall–Kier alpha value is -1.96. The Morgan fingerprint density at radius 1 is 1.31 bits per heavy atom. The monoisotopic (exact) mass is 417 g/mol. The van der Waals surface area contributed by atoms with Crippen molar-refractivity contribution in [3.8, 4) is 5.75 Å². The minimum Gasteiger partial charge on any atom is -0.496 e. The normalized spacial score (nSPS) is 20.4. The first-order valence-electron chi connectivity index (χ1n) is 10.0. The molecule has 1 aliphatic heterocycles. The van der Waals surface area contributed by atoms with Crippen molar-refractivity contribution in [2.24, 2.45) is 5.41 Å². The van der Waals surface area contributed by atoms with E-state index in [0.29, 0.717) is 11.6 Å². The molecular weight excluding hydrogens is 386 g/mol. The van der Waals surface area contributed by atoms with Gasteiger partial charge in [-0.1, -0.05) is 32.0 Å². The van der Waals surface area contributed by atoms with Gasteiger partial charge in [-0.3, -0.25) is 9.69 Å². The molecular formula is C22H31N3O3S. The minimum atomic E-state index is -0.588. The highest BCUT2D eigenvalue weighted by atomic mass is 32.1. The van der Waals surface area contributed by atoms with Gasteiger partial charge in [0, 0.05) is 30.4 Å². The number of nitrogens with zero attached hydrogens (tertiary/aromatic N) is 2. The molecule has 7 heteroatoms. The molecule has 3 rings (SSSR count). The lowest BCUT2D eigenvalue weighted by Gasteiger charge is -2.34. The van der Waals surface area contributed by atoms with Crippen molar-refractivity contribution in [2.45, 2.75) is 52.9 Å². The summed E-state index contributed by atoms with van der Waals surface area (Å²) in [5.74, 6) is 0.761. The molecule has 6 nitrogen and oxygen atoms in total. The van der Waals surface area contributed by atoms with E-state index < -0.39 is 5.41 Å². The van der Waals surface area contributed by atoms with Gasteiger partial charge < -0.3 is 14.8 Å². The Balaban J connectivity index is 1.60. The summed E-state index contributed by atoms with van der Waals surface area (Å²) in [6, 6.07) is 7.82. The van der Waals surface area contributed by atoms with Crippen LogP contribution in [0.15, 0.2) is 29.6 Å². The largest absolute Gasteiger partial charge is 0.496 e. The summed E-state index contributed by atoms with van der Waals surface area (Å²) in [7, 11) is 1.65. The molecule has 0 aliphatic carbocycles. The fraction of sp³-hybridized carbons (Fsp3) is 0.545. The van der Waals surface area contributed by atoms with E-state index in [1.54, 1.807) is 7.11 Å². The van der Waals surface area contributed by atoms with Crippen molar-refractivity contribution in [2.75, 3.05) is 25.5 Å². The van der Waals surface area contributed by atoms with Crippen LogP contribution >= 0.6 is 11.3 Å². The average Bonchev–Trinajstić information content (AvgIpc) is 3.07. The van der Waals surface area contributed by atoms with Crippen LogP contribution in [-0.2, 0) is 22.5 Å². The number of amides is 1. The van der Waals surface area contributed by atoms with Gasteiger partial charge in [0.05, 0.1) is 25.0 Å². The van der Waals surface area contributed by atoms with E-state index in [0.717, 1.165) is 36.6 Å². The molecule has 0 radical (unpaired) electrons. The second kappa shape index (κ2) is 9.24. The van der Waals surface area contributed by atoms with E-state index in [9.17, 15) is 4.79 Å². The maximum atomic E-state index is 12.9. The Morgan fingerprint density at radius 3 is 2.69 bits per heavy atom. The third-order valence-electron chi connectivity index (χ3n) is 5.09. The number of rotatable bonds is 7. The van der Waals surface area contributed by atoms with Gasteiger partial charge >= 0.3 is 0 Å². The zero-order chi connectivity index (χ0) is 21.0. The quantitative estimate of drug-likeness (QED) is 0.739. The predicted octanol–water partition coefficient (Wildman–Crippen LogP) is 3.97. The van der Waals surface area contributed by atoms with E-state index in [-0.39, 0.29) is 18.1 Å². The van der Waals surface area contributed by atoms with Crippen LogP contribution < -0.4 is 10.1 Å². The van der Waals surface area contributed by atoms with Crippen LogP contribution in [0.3, 0.4) is 0 Å². The number of thiazole rings is 1. The highest BCUT2D eigenvalue weighted by molar-refractivity contribution is 7.13. The van der Waals surface area contributed by atoms with Crippen LogP contribution in [-0.4, -0.2) is 48.2 Å². The van der Waals surface area contributed by atoms with Gasteiger partial charge in [-0.05, 0) is 31.9 Å². The third kappa shape index (κ3) is 5.78. The highest BCUT2D eigenvalue weighted by Gasteiger charge is 2.30. The average molecular weight is 418 g/mol. The second-order valence-electron chi connectivity index (χ2n) is 8.42. The maximum absolute atomic E-state index is 12.9. The smallest absolute Gasteiger partial charge is 0.232 e. The number of hydrogen-bond donors (Lipinski definition) is 1. The predicted molar refractivity (Wildman–Crippen MR) is 117 cm³/mol. The number of carbonyl (C=O) groups excluding carboxylic acids is 1. The summed E-state index contributed by atoms with van der Waals surface area (Å²) in [4.78, 5) is 19.9. The topological polar surface area (TPSA) is 63.7 Å². The van der Waals surface area contributed by atoms with E-state index in [2.05, 4.69) is 29.0 Å². The summed E-state index contributed by atoms with van der Waals surface area (Å²) < 4.78 is 11.2. The Bertz CT molecular complexity index is 826. The number of anilines is 1. The lowest BCUT2D eigenvalue weighted by atomic mass is 9.84. The van der Waals surface area contributed by atoms with Gasteiger partial charge in [0.2, 0.25) is 5.91 Å². The van der Waals surface area contributed by atoms with Crippen molar-refractivity contribution in [1.29, 1.82) is 0 Å². The van der Waals surface area contributed by atoms with Crippen LogP contribution in [0, 0.1) is 5.41 Å². The van der Waals surface area contributed by atoms with Crippen LogP contribution in [0.25, 0.3) is 0 Å². The Kier molecular flexibility index (Phi) is 6.93. The molecule has 1 aromatic heterocycles. The van der Waals surface area contributed by atoms with E-state index in [1.807, 2.05) is 43.5 Å². The third-order valence-corrected chi connectivity index (χ3v) is 5.90. The number of aromatic nitrogens is 1. The first kappa shape index (κ1) is 21.7. The fourth-order valence-corrected chi connectivity index (χ4v) is 4.45. The van der Waals surface area contributed by atoms with Crippen molar-refractivity contribution < 1.29 is 14.3 Å². The molecule has 2 atom stereocenters. The van der Waals surface area contributed by atoms with E-state index >= 15 is 0 Å². The molecule has 2 aromatic rings. The molecule has 158 valence electrons. The van der Waals surface area contributed by atoms with Gasteiger partial charge in [-0.25, -0.2) is 4.98 Å². The van der Waals surface area contributed by atoms with E-state index in [4.69, 9.17) is 9.47 Å². The van der Waals surface area contributed by atoms with Crippen LogP contribution in [0.2, 0.25) is 0 Å². The molecule has 0 saturated carbocycles. The zero-order valence-corrected chi connectivity index (χ0v) is 18.7. The SMILES string of the molecule is COc1ccccc1CC(C)(C)C(=O)Nc1nc(CN2CC(C)OC(C)C2)cs1. The highest BCUT2D eigenvalue weighted by Crippen LogP contribution is 2.29. The van der Waals surface area contributed by atoms with Crippen LogP contribution in [0.4, 0.5) is 5.13 Å². The van der Waals surface area contributed by atoms with Gasteiger partial charge in [0.15, 0.2) is 5.13 Å². The molecule has 1 amide bonds. The van der Waals surface area contributed by atoms with Gasteiger partial charge in [0.25, 0.3) is 0 Å². The summed E-state index contributed by atoms with van der Waals surface area (Å²) in [6.45, 7) is 10.7. The minimum absolute atomic E-state index is 0.0436. The van der Waals surface area contributed by atoms with Crippen molar-refractivity contribution in [3.63, 3.8) is 0 Å². The molecule has 1 N–H and O–H groups in total. The maximum Gasteiger partial charge on any atom is 0.232 e. The molecule has 1 aromatic carbocycles. The van der Waals surface area contributed by atoms with Gasteiger partial charge in [-0.15, -0.1) is 11.3 Å². The number of hydrogen-bond acceptors (Lipinski definition) is 6. The van der Waals surface area contributed by atoms with Crippen LogP contribution in [0.1, 0.15) is 39.0 Å². The second-order valence-corrected chi connectivity index (χ2v) is 9.28. The Labute approximate surface area is 177 Å². The lowest BCUT2D eigenvalue weighted by molar-refractivity contribution is -0.123. The number of morpholine rings is 1.